The summed E-state index contributed by atoms with van der Waals surface area (Å²) in [6, 6.07) is 60.0. The SMILES string of the molecule is CC(C)c1ccc(N)cc1.CC(C)c1ccc(N2C(=O)C(=O)N(c3ccc(C(C)C)cc3)C2=O)cc1.CC(C)c1ccc(N2C(=O)N(c3ccc(C(C)C)cc3)C(O)(c3ccccc3)C2=O)cc1.CC(C)c1ccc(NC(=O)Nc2ccc(C(C)C)cc2)cc1. The zero-order valence-electron chi connectivity index (χ0n) is 54.4. The first kappa shape index (κ1) is 67.8. The number of carbonyl (C=O) groups excluding carboxylic acids is 6. The number of amides is 9. The quantitative estimate of drug-likeness (QED) is 0.0471. The molecule has 1 atom stereocenters. The molecule has 0 aromatic heterocycles. The van der Waals surface area contributed by atoms with Gasteiger partial charge >= 0.3 is 29.9 Å². The predicted molar refractivity (Wildman–Crippen MR) is 367 cm³/mol. The van der Waals surface area contributed by atoms with E-state index in [0.29, 0.717) is 69.7 Å². The Kier molecular flexibility index (Phi) is 22.6. The van der Waals surface area contributed by atoms with Gasteiger partial charge in [0, 0.05) is 28.3 Å². The monoisotopic (exact) mass is 1210 g/mol. The number of nitrogens with two attached hydrogens (primary N) is 1. The van der Waals surface area contributed by atoms with Gasteiger partial charge in [0.05, 0.1) is 17.1 Å². The maximum Gasteiger partial charge on any atom is 0.343 e. The lowest BCUT2D eigenvalue weighted by Gasteiger charge is -2.30. The van der Waals surface area contributed by atoms with Crippen molar-refractivity contribution in [3.05, 3.63) is 245 Å². The number of anilines is 7. The van der Waals surface area contributed by atoms with E-state index in [0.717, 1.165) is 54.0 Å². The molecule has 2 saturated heterocycles. The lowest BCUT2D eigenvalue weighted by atomic mass is 9.99. The minimum absolute atomic E-state index is 0.227. The van der Waals surface area contributed by atoms with Crippen molar-refractivity contribution in [2.75, 3.05) is 36.0 Å². The topological polar surface area (TPSA) is 186 Å². The Hall–Kier alpha value is -9.66. The van der Waals surface area contributed by atoms with Gasteiger partial charge in [0.25, 0.3) is 11.6 Å². The molecular formula is C76H87N7O7. The lowest BCUT2D eigenvalue weighted by molar-refractivity contribution is -0.133. The molecule has 2 heterocycles. The second-order valence-electron chi connectivity index (χ2n) is 24.8. The summed E-state index contributed by atoms with van der Waals surface area (Å²) in [5, 5.41) is 17.5. The molecule has 2 aliphatic rings. The van der Waals surface area contributed by atoms with E-state index in [1.54, 1.807) is 78.9 Å². The van der Waals surface area contributed by atoms with Gasteiger partial charge in [0.2, 0.25) is 0 Å². The molecule has 14 nitrogen and oxygen atoms in total. The zero-order chi connectivity index (χ0) is 65.7. The summed E-state index contributed by atoms with van der Waals surface area (Å²) in [5.41, 5.74) is 16.1. The number of rotatable bonds is 14. The van der Waals surface area contributed by atoms with Crippen LogP contribution < -0.4 is 36.0 Å². The fraction of sp³-hybridized carbons (Fsp3) is 0.289. The molecule has 0 aliphatic carbocycles. The van der Waals surface area contributed by atoms with Crippen molar-refractivity contribution in [1.29, 1.82) is 0 Å². The van der Waals surface area contributed by atoms with Crippen LogP contribution in [0, 0.1) is 0 Å². The van der Waals surface area contributed by atoms with Crippen molar-refractivity contribution >= 4 is 75.6 Å². The Morgan fingerprint density at radius 3 is 0.922 bits per heavy atom. The second kappa shape index (κ2) is 30.0. The highest BCUT2D eigenvalue weighted by Crippen LogP contribution is 2.42. The molecule has 10 rings (SSSR count). The van der Waals surface area contributed by atoms with Crippen molar-refractivity contribution in [2.24, 2.45) is 0 Å². The van der Waals surface area contributed by atoms with Crippen molar-refractivity contribution in [2.45, 2.75) is 144 Å². The van der Waals surface area contributed by atoms with Crippen LogP contribution in [-0.4, -0.2) is 40.9 Å². The van der Waals surface area contributed by atoms with Crippen molar-refractivity contribution in [3.8, 4) is 0 Å². The van der Waals surface area contributed by atoms with Crippen LogP contribution >= 0.6 is 0 Å². The molecule has 2 fully saturated rings. The van der Waals surface area contributed by atoms with Crippen LogP contribution in [0.2, 0.25) is 0 Å². The van der Waals surface area contributed by atoms with Gasteiger partial charge in [-0.1, -0.05) is 212 Å². The fourth-order valence-electron chi connectivity index (χ4n) is 10.1. The van der Waals surface area contributed by atoms with Crippen LogP contribution in [0.5, 0.6) is 0 Å². The molecule has 0 saturated carbocycles. The Morgan fingerprint density at radius 2 is 0.622 bits per heavy atom. The van der Waals surface area contributed by atoms with Gasteiger partial charge in [0.1, 0.15) is 0 Å². The van der Waals surface area contributed by atoms with Crippen molar-refractivity contribution < 1.29 is 33.9 Å². The van der Waals surface area contributed by atoms with E-state index >= 15 is 0 Å². The molecule has 1 unspecified atom stereocenters. The minimum Gasteiger partial charge on any atom is -0.399 e. The number of urea groups is 3. The summed E-state index contributed by atoms with van der Waals surface area (Å²) >= 11 is 0. The molecule has 14 heteroatoms. The van der Waals surface area contributed by atoms with E-state index in [1.165, 1.54) is 21.6 Å². The van der Waals surface area contributed by atoms with E-state index in [1.807, 2.05) is 109 Å². The van der Waals surface area contributed by atoms with Crippen LogP contribution in [0.1, 0.15) is 183 Å². The highest BCUT2D eigenvalue weighted by atomic mass is 16.3. The molecule has 0 bridgehead atoms. The number of benzene rings is 8. The van der Waals surface area contributed by atoms with Crippen LogP contribution in [-0.2, 0) is 20.1 Å². The summed E-state index contributed by atoms with van der Waals surface area (Å²) < 4.78 is 0. The van der Waals surface area contributed by atoms with E-state index < -0.39 is 35.5 Å². The highest BCUT2D eigenvalue weighted by molar-refractivity contribution is 6.60. The lowest BCUT2D eigenvalue weighted by Crippen LogP contribution is -2.47. The van der Waals surface area contributed by atoms with E-state index in [2.05, 4.69) is 120 Å². The summed E-state index contributed by atoms with van der Waals surface area (Å²) in [6.07, 6.45) is 0. The van der Waals surface area contributed by atoms with Gasteiger partial charge in [-0.25, -0.2) is 29.1 Å². The van der Waals surface area contributed by atoms with Crippen molar-refractivity contribution in [1.82, 2.24) is 0 Å². The zero-order valence-corrected chi connectivity index (χ0v) is 54.4. The Balaban J connectivity index is 0.000000181. The number of hydrogen-bond donors (Lipinski definition) is 4. The summed E-state index contributed by atoms with van der Waals surface area (Å²) in [5.74, 6) is 0.540. The molecule has 0 spiro atoms. The molecule has 0 radical (unpaired) electrons. The summed E-state index contributed by atoms with van der Waals surface area (Å²) in [4.78, 5) is 80.9. The Labute approximate surface area is 531 Å². The number of carbonyl (C=O) groups is 6. The fourth-order valence-corrected chi connectivity index (χ4v) is 10.1. The van der Waals surface area contributed by atoms with Gasteiger partial charge in [-0.05, 0) is 165 Å². The Bertz CT molecular complexity index is 3590. The molecule has 8 aromatic rings. The number of hydrogen-bond acceptors (Lipinski definition) is 8. The average molecular weight is 1210 g/mol. The first-order chi connectivity index (χ1) is 42.7. The maximum atomic E-state index is 13.6. The van der Waals surface area contributed by atoms with Gasteiger partial charge in [-0.15, -0.1) is 0 Å². The van der Waals surface area contributed by atoms with Gasteiger partial charge in [0.15, 0.2) is 0 Å². The maximum absolute atomic E-state index is 13.6. The van der Waals surface area contributed by atoms with Gasteiger partial charge < -0.3 is 21.5 Å². The van der Waals surface area contributed by atoms with Crippen LogP contribution in [0.4, 0.5) is 54.2 Å². The first-order valence-corrected chi connectivity index (χ1v) is 30.9. The van der Waals surface area contributed by atoms with Gasteiger partial charge in [-0.3, -0.25) is 19.3 Å². The normalized spacial score (nSPS) is 14.8. The smallest absolute Gasteiger partial charge is 0.343 e. The van der Waals surface area contributed by atoms with Gasteiger partial charge in [-0.2, -0.15) is 0 Å². The third-order valence-corrected chi connectivity index (χ3v) is 15.9. The molecule has 8 aromatic carbocycles. The number of imide groups is 3. The number of nitrogens with zero attached hydrogens (tertiary/aromatic N) is 4. The second-order valence-corrected chi connectivity index (χ2v) is 24.8. The van der Waals surface area contributed by atoms with Crippen LogP contribution in [0.15, 0.2) is 200 Å². The average Bonchev–Trinajstić information content (AvgIpc) is 1.57. The van der Waals surface area contributed by atoms with E-state index in [4.69, 9.17) is 5.73 Å². The predicted octanol–water partition coefficient (Wildman–Crippen LogP) is 18.2. The molecule has 90 heavy (non-hydrogen) atoms. The first-order valence-electron chi connectivity index (χ1n) is 30.9. The number of nitrogen functional groups attached to an aromatic ring is 1. The van der Waals surface area contributed by atoms with E-state index in [9.17, 15) is 33.9 Å². The number of aliphatic hydroxyl groups is 1. The molecule has 9 amide bonds. The minimum atomic E-state index is -2.14. The summed E-state index contributed by atoms with van der Waals surface area (Å²) in [7, 11) is 0. The highest BCUT2D eigenvalue weighted by Gasteiger charge is 2.59. The van der Waals surface area contributed by atoms with Crippen LogP contribution in [0.25, 0.3) is 0 Å². The van der Waals surface area contributed by atoms with Crippen molar-refractivity contribution in [3.63, 3.8) is 0 Å². The third-order valence-electron chi connectivity index (χ3n) is 15.9. The summed E-state index contributed by atoms with van der Waals surface area (Å²) in [6.45, 7) is 29.5. The Morgan fingerprint density at radius 1 is 0.356 bits per heavy atom. The largest absolute Gasteiger partial charge is 0.399 e. The molecule has 468 valence electrons. The molecular weight excluding hydrogens is 1120 g/mol. The number of nitrogens with one attached hydrogen (secondary N) is 2. The molecule has 2 aliphatic heterocycles. The standard InChI is InChI=1S/C27H28N2O3.C21H22N2O3.C19H24N2O.C9H13N/c1-18(2)20-10-14-23(15-11-20)28-25(30)27(32,22-8-6-5-7-9-22)29(26(28)31)24-16-12-21(13-17-24)19(3)4;1-13(2)15-5-9-17(10-6-15)22-19(24)20(25)23(21(22)26)18-11-7-16(8-12-18)14(3)4;1-13(2)15-5-9-17(10-6-15)20-19(22)21-18-11-7-16(8-12-18)14(3)4;1-7(2)8-3-5-9(10)6-4-8/h5-19,32H,1-4H3;5-14H,1-4H3;5-14H,1-4H3,(H2,20,21,22);3-7H,10H2,1-2H3. The third kappa shape index (κ3) is 16.1. The molecule has 5 N–H and O–H groups in total. The van der Waals surface area contributed by atoms with Crippen LogP contribution in [0.3, 0.4) is 0 Å². The van der Waals surface area contributed by atoms with E-state index in [-0.39, 0.29) is 6.03 Å².